The van der Waals surface area contributed by atoms with Crippen LogP contribution in [0.25, 0.3) is 0 Å². The zero-order chi connectivity index (χ0) is 14.2. The van der Waals surface area contributed by atoms with Crippen molar-refractivity contribution in [3.8, 4) is 5.75 Å². The molecule has 0 aliphatic carbocycles. The van der Waals surface area contributed by atoms with Gasteiger partial charge >= 0.3 is 0 Å². The topological polar surface area (TPSA) is 50.7 Å². The molecular formula is C15H19NO3S. The Kier molecular flexibility index (Phi) is 5.86. The van der Waals surface area contributed by atoms with Crippen LogP contribution in [0.1, 0.15) is 4.88 Å². The number of benzene rings is 1. The second-order valence-corrected chi connectivity index (χ2v) is 5.39. The van der Waals surface area contributed by atoms with Gasteiger partial charge in [-0.05, 0) is 23.6 Å². The summed E-state index contributed by atoms with van der Waals surface area (Å²) in [6.07, 6.45) is -0.541. The second-order valence-electron chi connectivity index (χ2n) is 4.36. The summed E-state index contributed by atoms with van der Waals surface area (Å²) in [6, 6.07) is 11.6. The highest BCUT2D eigenvalue weighted by Crippen LogP contribution is 2.16. The van der Waals surface area contributed by atoms with Crippen molar-refractivity contribution in [3.63, 3.8) is 0 Å². The number of ether oxygens (including phenoxy) is 2. The third-order valence-electron chi connectivity index (χ3n) is 2.75. The monoisotopic (exact) mass is 293 g/mol. The minimum Gasteiger partial charge on any atom is -0.497 e. The number of aliphatic hydroxyl groups is 1. The van der Waals surface area contributed by atoms with Gasteiger partial charge in [-0.2, -0.15) is 0 Å². The molecule has 1 atom stereocenters. The minimum absolute atomic E-state index is 0.314. The third-order valence-corrected chi connectivity index (χ3v) is 3.60. The molecular weight excluding hydrogens is 274 g/mol. The van der Waals surface area contributed by atoms with Crippen LogP contribution in [0.5, 0.6) is 5.75 Å². The Bertz CT molecular complexity index is 502. The van der Waals surface area contributed by atoms with Crippen LogP contribution in [0.3, 0.4) is 0 Å². The average molecular weight is 293 g/mol. The predicted octanol–water partition coefficient (Wildman–Crippen LogP) is 2.75. The third kappa shape index (κ3) is 4.85. The Labute approximate surface area is 123 Å². The molecule has 1 heterocycles. The van der Waals surface area contributed by atoms with Gasteiger partial charge in [-0.3, -0.25) is 0 Å². The lowest BCUT2D eigenvalue weighted by molar-refractivity contribution is 0.0359. The zero-order valence-electron chi connectivity index (χ0n) is 11.4. The number of nitrogens with one attached hydrogen (secondary N) is 1. The fourth-order valence-electron chi connectivity index (χ4n) is 1.72. The lowest BCUT2D eigenvalue weighted by Crippen LogP contribution is -2.24. The van der Waals surface area contributed by atoms with E-state index in [1.807, 2.05) is 41.8 Å². The molecule has 2 aromatic rings. The molecule has 108 valence electrons. The highest BCUT2D eigenvalue weighted by Gasteiger charge is 2.05. The van der Waals surface area contributed by atoms with Crippen molar-refractivity contribution in [1.82, 2.24) is 0 Å². The van der Waals surface area contributed by atoms with E-state index in [2.05, 4.69) is 5.32 Å². The van der Waals surface area contributed by atoms with Gasteiger partial charge in [0, 0.05) is 23.2 Å². The number of hydrogen-bond acceptors (Lipinski definition) is 5. The Hall–Kier alpha value is -1.56. The highest BCUT2D eigenvalue weighted by atomic mass is 32.1. The molecule has 5 heteroatoms. The van der Waals surface area contributed by atoms with Gasteiger partial charge in [0.05, 0.1) is 26.4 Å². The Morgan fingerprint density at radius 1 is 1.30 bits per heavy atom. The van der Waals surface area contributed by atoms with Crippen molar-refractivity contribution in [2.24, 2.45) is 0 Å². The van der Waals surface area contributed by atoms with Crippen molar-refractivity contribution in [2.75, 3.05) is 25.6 Å². The summed E-state index contributed by atoms with van der Waals surface area (Å²) in [6.45, 7) is 1.31. The predicted molar refractivity (Wildman–Crippen MR) is 81.5 cm³/mol. The number of rotatable bonds is 8. The second kappa shape index (κ2) is 7.89. The van der Waals surface area contributed by atoms with Crippen LogP contribution in [0.4, 0.5) is 5.69 Å². The fraction of sp³-hybridized carbons (Fsp3) is 0.333. The van der Waals surface area contributed by atoms with Gasteiger partial charge < -0.3 is 19.9 Å². The summed E-state index contributed by atoms with van der Waals surface area (Å²) in [5.74, 6) is 0.790. The molecule has 0 saturated heterocycles. The van der Waals surface area contributed by atoms with Gasteiger partial charge in [-0.1, -0.05) is 12.1 Å². The van der Waals surface area contributed by atoms with E-state index in [1.54, 1.807) is 18.4 Å². The molecule has 0 aliphatic heterocycles. The van der Waals surface area contributed by atoms with E-state index in [0.717, 1.165) is 16.3 Å². The van der Waals surface area contributed by atoms with Crippen molar-refractivity contribution >= 4 is 17.0 Å². The normalized spacial score (nSPS) is 12.1. The van der Waals surface area contributed by atoms with E-state index in [-0.39, 0.29) is 0 Å². The zero-order valence-corrected chi connectivity index (χ0v) is 12.2. The summed E-state index contributed by atoms with van der Waals surface area (Å²) in [4.78, 5) is 1.16. The average Bonchev–Trinajstić information content (AvgIpc) is 2.98. The maximum Gasteiger partial charge on any atom is 0.120 e. The van der Waals surface area contributed by atoms with Crippen LogP contribution in [-0.4, -0.2) is 31.5 Å². The lowest BCUT2D eigenvalue weighted by Gasteiger charge is -2.13. The number of thiophene rings is 1. The molecule has 0 aliphatic rings. The number of hydrogen-bond donors (Lipinski definition) is 2. The molecule has 0 fully saturated rings. The van der Waals surface area contributed by atoms with E-state index in [1.165, 1.54) is 0 Å². The first-order chi connectivity index (χ1) is 9.78. The molecule has 1 aromatic heterocycles. The molecule has 20 heavy (non-hydrogen) atoms. The fourth-order valence-corrected chi connectivity index (χ4v) is 2.36. The van der Waals surface area contributed by atoms with Crippen molar-refractivity contribution in [3.05, 3.63) is 46.7 Å². The molecule has 1 unspecified atom stereocenters. The number of anilines is 1. The first kappa shape index (κ1) is 14.8. The molecule has 4 nitrogen and oxygen atoms in total. The molecule has 0 amide bonds. The van der Waals surface area contributed by atoms with Crippen molar-refractivity contribution < 1.29 is 14.6 Å². The summed E-state index contributed by atoms with van der Waals surface area (Å²) < 4.78 is 10.6. The molecule has 0 bridgehead atoms. The Balaban J connectivity index is 1.67. The number of aliphatic hydroxyl groups excluding tert-OH is 1. The first-order valence-electron chi connectivity index (χ1n) is 6.44. The smallest absolute Gasteiger partial charge is 0.120 e. The van der Waals surface area contributed by atoms with Gasteiger partial charge in [0.25, 0.3) is 0 Å². The van der Waals surface area contributed by atoms with Crippen LogP contribution >= 0.6 is 11.3 Å². The summed E-state index contributed by atoms with van der Waals surface area (Å²) >= 11 is 1.65. The maximum absolute atomic E-state index is 9.85. The maximum atomic E-state index is 9.85. The Morgan fingerprint density at radius 3 is 2.95 bits per heavy atom. The first-order valence-corrected chi connectivity index (χ1v) is 7.32. The summed E-state index contributed by atoms with van der Waals surface area (Å²) in [5, 5.41) is 15.0. The van der Waals surface area contributed by atoms with E-state index in [9.17, 15) is 5.11 Å². The van der Waals surface area contributed by atoms with Crippen LogP contribution in [0.2, 0.25) is 0 Å². The van der Waals surface area contributed by atoms with Crippen LogP contribution in [-0.2, 0) is 11.3 Å². The van der Waals surface area contributed by atoms with E-state index >= 15 is 0 Å². The Morgan fingerprint density at radius 2 is 2.20 bits per heavy atom. The van der Waals surface area contributed by atoms with Crippen LogP contribution < -0.4 is 10.1 Å². The van der Waals surface area contributed by atoms with Gasteiger partial charge in [0.2, 0.25) is 0 Å². The molecule has 2 N–H and O–H groups in total. The van der Waals surface area contributed by atoms with Crippen molar-refractivity contribution in [1.29, 1.82) is 0 Å². The van der Waals surface area contributed by atoms with Gasteiger partial charge in [0.15, 0.2) is 0 Å². The summed E-state index contributed by atoms with van der Waals surface area (Å²) in [5.41, 5.74) is 0.918. The molecule has 0 saturated carbocycles. The van der Waals surface area contributed by atoms with E-state index < -0.39 is 6.10 Å². The van der Waals surface area contributed by atoms with Gasteiger partial charge in [-0.15, -0.1) is 11.3 Å². The highest BCUT2D eigenvalue weighted by molar-refractivity contribution is 7.09. The molecule has 1 aromatic carbocycles. The van der Waals surface area contributed by atoms with Crippen molar-refractivity contribution in [2.45, 2.75) is 12.7 Å². The summed E-state index contributed by atoms with van der Waals surface area (Å²) in [7, 11) is 1.63. The molecule has 0 radical (unpaired) electrons. The largest absolute Gasteiger partial charge is 0.497 e. The molecule has 2 rings (SSSR count). The minimum atomic E-state index is -0.541. The quantitative estimate of drug-likeness (QED) is 0.786. The van der Waals surface area contributed by atoms with E-state index in [4.69, 9.17) is 9.47 Å². The SMILES string of the molecule is COc1cccc(NCC(O)COCc2cccs2)c1. The lowest BCUT2D eigenvalue weighted by atomic mass is 10.3. The number of methoxy groups -OCH3 is 1. The van der Waals surface area contributed by atoms with Gasteiger partial charge in [-0.25, -0.2) is 0 Å². The molecule has 0 spiro atoms. The van der Waals surface area contributed by atoms with Crippen LogP contribution in [0.15, 0.2) is 41.8 Å². The van der Waals surface area contributed by atoms with Gasteiger partial charge in [0.1, 0.15) is 5.75 Å². The van der Waals surface area contributed by atoms with Crippen LogP contribution in [0, 0.1) is 0 Å². The standard InChI is InChI=1S/C15H19NO3S/c1-18-14-5-2-4-12(8-14)16-9-13(17)10-19-11-15-6-3-7-20-15/h2-8,13,16-17H,9-11H2,1H3. The van der Waals surface area contributed by atoms with E-state index in [0.29, 0.717) is 19.8 Å².